The van der Waals surface area contributed by atoms with Crippen LogP contribution in [0.15, 0.2) is 18.2 Å². The molecule has 2 amide bonds. The molecule has 1 atom stereocenters. The Morgan fingerprint density at radius 2 is 2.19 bits per heavy atom. The van der Waals surface area contributed by atoms with Crippen molar-refractivity contribution in [2.75, 3.05) is 35.1 Å². The van der Waals surface area contributed by atoms with Gasteiger partial charge >= 0.3 is 6.03 Å². The van der Waals surface area contributed by atoms with Gasteiger partial charge in [0.15, 0.2) is 0 Å². The van der Waals surface area contributed by atoms with Gasteiger partial charge in [-0.05, 0) is 55.9 Å². The Kier molecular flexibility index (Phi) is 6.03. The van der Waals surface area contributed by atoms with E-state index in [1.807, 2.05) is 13.0 Å². The molecule has 144 valence electrons. The number of amides is 2. The van der Waals surface area contributed by atoms with E-state index in [0.29, 0.717) is 25.2 Å². The molecule has 26 heavy (non-hydrogen) atoms. The van der Waals surface area contributed by atoms with Gasteiger partial charge in [-0.25, -0.2) is 13.2 Å². The number of nitrogens with zero attached hydrogens (tertiary/aromatic N) is 1. The highest BCUT2D eigenvalue weighted by atomic mass is 32.2. The molecule has 0 spiro atoms. The first-order chi connectivity index (χ1) is 12.5. The number of urea groups is 1. The van der Waals surface area contributed by atoms with E-state index in [1.165, 1.54) is 4.31 Å². The first-order valence-electron chi connectivity index (χ1n) is 9.29. The topological polar surface area (TPSA) is 87.7 Å². The highest BCUT2D eigenvalue weighted by molar-refractivity contribution is 7.92. The van der Waals surface area contributed by atoms with E-state index < -0.39 is 10.0 Å². The predicted molar refractivity (Wildman–Crippen MR) is 102 cm³/mol. The minimum absolute atomic E-state index is 0.0987. The largest absolute Gasteiger partial charge is 0.376 e. The molecule has 0 saturated carbocycles. The van der Waals surface area contributed by atoms with Crippen LogP contribution in [0.4, 0.5) is 16.2 Å². The number of hydrogen-bond donors (Lipinski definition) is 2. The van der Waals surface area contributed by atoms with Gasteiger partial charge in [-0.2, -0.15) is 0 Å². The molecule has 8 heteroatoms. The van der Waals surface area contributed by atoms with Crippen LogP contribution >= 0.6 is 0 Å². The fourth-order valence-corrected chi connectivity index (χ4v) is 5.11. The van der Waals surface area contributed by atoms with Crippen LogP contribution in [0.1, 0.15) is 38.2 Å². The Labute approximate surface area is 155 Å². The molecule has 2 aliphatic rings. The zero-order valence-corrected chi connectivity index (χ0v) is 16.0. The molecule has 2 aliphatic heterocycles. The SMILES string of the molecule is CCCS(=O)(=O)N1CCCc2cc(NC(=O)NC[C@H]3CCCO3)ccc21. The molecule has 0 aliphatic carbocycles. The van der Waals surface area contributed by atoms with Crippen LogP contribution in [-0.4, -0.2) is 46.0 Å². The molecule has 1 aromatic carbocycles. The van der Waals surface area contributed by atoms with Crippen molar-refractivity contribution >= 4 is 27.4 Å². The van der Waals surface area contributed by atoms with E-state index in [1.54, 1.807) is 12.1 Å². The van der Waals surface area contributed by atoms with Gasteiger partial charge in [0.05, 0.1) is 17.5 Å². The number of fused-ring (bicyclic) bond motifs is 1. The number of anilines is 2. The Bertz CT molecular complexity index is 745. The summed E-state index contributed by atoms with van der Waals surface area (Å²) in [4.78, 5) is 12.1. The third-order valence-corrected chi connectivity index (χ3v) is 6.70. The molecule has 0 bridgehead atoms. The lowest BCUT2D eigenvalue weighted by atomic mass is 10.0. The summed E-state index contributed by atoms with van der Waals surface area (Å²) in [5.74, 6) is 0.151. The van der Waals surface area contributed by atoms with E-state index in [-0.39, 0.29) is 17.9 Å². The summed E-state index contributed by atoms with van der Waals surface area (Å²) in [6, 6.07) is 5.14. The van der Waals surface area contributed by atoms with Crippen LogP contribution in [0, 0.1) is 0 Å². The lowest BCUT2D eigenvalue weighted by Gasteiger charge is -2.30. The molecule has 2 N–H and O–H groups in total. The van der Waals surface area contributed by atoms with Crippen molar-refractivity contribution < 1.29 is 17.9 Å². The van der Waals surface area contributed by atoms with E-state index >= 15 is 0 Å². The number of aryl methyl sites for hydroxylation is 1. The van der Waals surface area contributed by atoms with Gasteiger partial charge in [-0.1, -0.05) is 6.92 Å². The summed E-state index contributed by atoms with van der Waals surface area (Å²) in [5, 5.41) is 5.64. The first-order valence-corrected chi connectivity index (χ1v) is 10.9. The Hall–Kier alpha value is -1.80. The summed E-state index contributed by atoms with van der Waals surface area (Å²) >= 11 is 0. The first kappa shape index (κ1) is 19.0. The van der Waals surface area contributed by atoms with Crippen molar-refractivity contribution in [2.24, 2.45) is 0 Å². The van der Waals surface area contributed by atoms with Crippen molar-refractivity contribution in [3.8, 4) is 0 Å². The van der Waals surface area contributed by atoms with Gasteiger partial charge in [0.2, 0.25) is 10.0 Å². The summed E-state index contributed by atoms with van der Waals surface area (Å²) in [6.45, 7) is 3.64. The van der Waals surface area contributed by atoms with Crippen LogP contribution in [0.25, 0.3) is 0 Å². The molecule has 0 aromatic heterocycles. The highest BCUT2D eigenvalue weighted by Gasteiger charge is 2.27. The van der Waals surface area contributed by atoms with Crippen molar-refractivity contribution in [2.45, 2.75) is 45.1 Å². The average molecular weight is 381 g/mol. The number of hydrogen-bond acceptors (Lipinski definition) is 4. The predicted octanol–water partition coefficient (Wildman–Crippen LogP) is 2.48. The maximum atomic E-state index is 12.5. The van der Waals surface area contributed by atoms with E-state index in [9.17, 15) is 13.2 Å². The fourth-order valence-electron chi connectivity index (χ4n) is 3.48. The number of benzene rings is 1. The lowest BCUT2D eigenvalue weighted by Crippen LogP contribution is -2.37. The standard InChI is InChI=1S/C18H27N3O4S/c1-2-11-26(23,24)21-9-3-5-14-12-15(7-8-17(14)21)20-18(22)19-13-16-6-4-10-25-16/h7-8,12,16H,2-6,9-11,13H2,1H3,(H2,19,20,22)/t16-/m1/s1. The molecule has 7 nitrogen and oxygen atoms in total. The number of carbonyl (C=O) groups is 1. The number of nitrogens with one attached hydrogen (secondary N) is 2. The van der Waals surface area contributed by atoms with Crippen molar-refractivity contribution in [1.82, 2.24) is 5.32 Å². The number of ether oxygens (including phenoxy) is 1. The number of rotatable bonds is 6. The van der Waals surface area contributed by atoms with Crippen LogP contribution in [0.2, 0.25) is 0 Å². The summed E-state index contributed by atoms with van der Waals surface area (Å²) in [5.41, 5.74) is 2.35. The molecular formula is C18H27N3O4S. The van der Waals surface area contributed by atoms with Crippen molar-refractivity contribution in [3.05, 3.63) is 23.8 Å². The van der Waals surface area contributed by atoms with E-state index in [0.717, 1.165) is 43.5 Å². The van der Waals surface area contributed by atoms with Crippen LogP contribution < -0.4 is 14.9 Å². The summed E-state index contributed by atoms with van der Waals surface area (Å²) in [7, 11) is -3.28. The van der Waals surface area contributed by atoms with Gasteiger partial charge < -0.3 is 15.4 Å². The minimum Gasteiger partial charge on any atom is -0.376 e. The van der Waals surface area contributed by atoms with Gasteiger partial charge in [0.1, 0.15) is 0 Å². The average Bonchev–Trinajstić information content (AvgIpc) is 3.13. The van der Waals surface area contributed by atoms with E-state index in [2.05, 4.69) is 10.6 Å². The second kappa shape index (κ2) is 8.26. The summed E-state index contributed by atoms with van der Waals surface area (Å²) in [6.07, 6.45) is 4.29. The van der Waals surface area contributed by atoms with Crippen molar-refractivity contribution in [3.63, 3.8) is 0 Å². The van der Waals surface area contributed by atoms with Crippen LogP contribution in [-0.2, 0) is 21.2 Å². The molecule has 2 heterocycles. The van der Waals surface area contributed by atoms with Gasteiger partial charge in [0, 0.05) is 25.4 Å². The monoisotopic (exact) mass is 381 g/mol. The number of carbonyl (C=O) groups excluding carboxylic acids is 1. The Morgan fingerprint density at radius 1 is 1.35 bits per heavy atom. The fraction of sp³-hybridized carbons (Fsp3) is 0.611. The zero-order chi connectivity index (χ0) is 18.6. The maximum Gasteiger partial charge on any atom is 0.319 e. The van der Waals surface area contributed by atoms with Crippen LogP contribution in [0.3, 0.4) is 0 Å². The third-order valence-electron chi connectivity index (χ3n) is 4.73. The van der Waals surface area contributed by atoms with Crippen LogP contribution in [0.5, 0.6) is 0 Å². The number of sulfonamides is 1. The zero-order valence-electron chi connectivity index (χ0n) is 15.2. The Morgan fingerprint density at radius 3 is 2.92 bits per heavy atom. The van der Waals surface area contributed by atoms with E-state index in [4.69, 9.17) is 4.74 Å². The molecule has 0 radical (unpaired) electrons. The molecule has 0 unspecified atom stereocenters. The molecule has 3 rings (SSSR count). The molecule has 1 saturated heterocycles. The summed E-state index contributed by atoms with van der Waals surface area (Å²) < 4.78 is 31.9. The maximum absolute atomic E-state index is 12.5. The molecule has 1 fully saturated rings. The molecular weight excluding hydrogens is 354 g/mol. The van der Waals surface area contributed by atoms with Gasteiger partial charge in [-0.15, -0.1) is 0 Å². The van der Waals surface area contributed by atoms with Gasteiger partial charge in [-0.3, -0.25) is 4.31 Å². The quantitative estimate of drug-likeness (QED) is 0.792. The highest BCUT2D eigenvalue weighted by Crippen LogP contribution is 2.32. The smallest absolute Gasteiger partial charge is 0.319 e. The van der Waals surface area contributed by atoms with Gasteiger partial charge in [0.25, 0.3) is 0 Å². The Balaban J connectivity index is 1.65. The lowest BCUT2D eigenvalue weighted by molar-refractivity contribution is 0.112. The third kappa shape index (κ3) is 4.48. The normalized spacial score (nSPS) is 19.9. The minimum atomic E-state index is -3.28. The second-order valence-electron chi connectivity index (χ2n) is 6.81. The van der Waals surface area contributed by atoms with Crippen molar-refractivity contribution in [1.29, 1.82) is 0 Å². The molecule has 1 aromatic rings. The second-order valence-corrected chi connectivity index (χ2v) is 8.82.